The standard InChI is InChI=1S/C16H19N5O2/c17-15(22)8-12-11-21(16-10-19-5-6-20-16)7-3-14(12)23-13-2-1-4-18-9-13/h1-2,4-6,9-10,12,14H,3,7-8,11H2,(H2,17,22)/t12-,14-/m1/s1. The van der Waals surface area contributed by atoms with E-state index in [1.54, 1.807) is 31.0 Å². The van der Waals surface area contributed by atoms with Crippen molar-refractivity contribution in [2.45, 2.75) is 18.9 Å². The Bertz CT molecular complexity index is 637. The van der Waals surface area contributed by atoms with Gasteiger partial charge in [0, 0.05) is 50.4 Å². The Morgan fingerprint density at radius 3 is 2.87 bits per heavy atom. The largest absolute Gasteiger partial charge is 0.488 e. The fraction of sp³-hybridized carbons (Fsp3) is 0.375. The van der Waals surface area contributed by atoms with Crippen LogP contribution in [0.4, 0.5) is 5.82 Å². The first-order valence-corrected chi connectivity index (χ1v) is 7.58. The predicted molar refractivity (Wildman–Crippen MR) is 84.8 cm³/mol. The van der Waals surface area contributed by atoms with Crippen LogP contribution in [-0.2, 0) is 4.79 Å². The van der Waals surface area contributed by atoms with Gasteiger partial charge in [0.25, 0.3) is 0 Å². The molecule has 3 rings (SSSR count). The molecule has 0 aromatic carbocycles. The number of nitrogens with zero attached hydrogens (tertiary/aromatic N) is 4. The number of nitrogens with two attached hydrogens (primary N) is 1. The minimum atomic E-state index is -0.323. The smallest absolute Gasteiger partial charge is 0.217 e. The molecule has 7 nitrogen and oxygen atoms in total. The quantitative estimate of drug-likeness (QED) is 0.885. The van der Waals surface area contributed by atoms with E-state index in [0.717, 1.165) is 18.8 Å². The first-order valence-electron chi connectivity index (χ1n) is 7.58. The summed E-state index contributed by atoms with van der Waals surface area (Å²) in [4.78, 5) is 26.0. The second kappa shape index (κ2) is 7.04. The van der Waals surface area contributed by atoms with Gasteiger partial charge < -0.3 is 15.4 Å². The summed E-state index contributed by atoms with van der Waals surface area (Å²) in [6.07, 6.45) is 9.40. The van der Waals surface area contributed by atoms with Crippen molar-refractivity contribution in [3.8, 4) is 5.75 Å². The maximum atomic E-state index is 11.4. The molecule has 1 fully saturated rings. The zero-order valence-corrected chi connectivity index (χ0v) is 12.7. The minimum absolute atomic E-state index is 0.00321. The number of rotatable bonds is 5. The summed E-state index contributed by atoms with van der Waals surface area (Å²) in [5.41, 5.74) is 5.41. The van der Waals surface area contributed by atoms with Crippen LogP contribution < -0.4 is 15.4 Å². The lowest BCUT2D eigenvalue weighted by Gasteiger charge is -2.38. The van der Waals surface area contributed by atoms with Gasteiger partial charge in [0.2, 0.25) is 5.91 Å². The van der Waals surface area contributed by atoms with Gasteiger partial charge in [0.05, 0.1) is 12.4 Å². The highest BCUT2D eigenvalue weighted by atomic mass is 16.5. The van der Waals surface area contributed by atoms with Gasteiger partial charge in [-0.05, 0) is 12.1 Å². The number of primary amides is 1. The Kier molecular flexibility index (Phi) is 4.65. The molecular formula is C16H19N5O2. The molecule has 2 aromatic rings. The molecule has 0 spiro atoms. The van der Waals surface area contributed by atoms with Gasteiger partial charge in [-0.1, -0.05) is 0 Å². The van der Waals surface area contributed by atoms with E-state index < -0.39 is 0 Å². The number of hydrogen-bond acceptors (Lipinski definition) is 6. The van der Waals surface area contributed by atoms with Crippen LogP contribution >= 0.6 is 0 Å². The van der Waals surface area contributed by atoms with E-state index in [0.29, 0.717) is 12.3 Å². The molecule has 0 aliphatic carbocycles. The van der Waals surface area contributed by atoms with Gasteiger partial charge in [-0.15, -0.1) is 0 Å². The van der Waals surface area contributed by atoms with Crippen LogP contribution in [0.25, 0.3) is 0 Å². The maximum absolute atomic E-state index is 11.4. The zero-order valence-electron chi connectivity index (χ0n) is 12.7. The Morgan fingerprint density at radius 1 is 1.30 bits per heavy atom. The molecule has 0 unspecified atom stereocenters. The van der Waals surface area contributed by atoms with Crippen LogP contribution in [0.1, 0.15) is 12.8 Å². The number of pyridine rings is 1. The topological polar surface area (TPSA) is 94.2 Å². The number of carbonyl (C=O) groups excluding carboxylic acids is 1. The highest BCUT2D eigenvalue weighted by molar-refractivity contribution is 5.74. The van der Waals surface area contributed by atoms with Crippen LogP contribution in [0.3, 0.4) is 0 Å². The van der Waals surface area contributed by atoms with Crippen LogP contribution in [0, 0.1) is 5.92 Å². The van der Waals surface area contributed by atoms with Crippen molar-refractivity contribution in [2.24, 2.45) is 11.7 Å². The fourth-order valence-corrected chi connectivity index (χ4v) is 2.87. The summed E-state index contributed by atoms with van der Waals surface area (Å²) in [6, 6.07) is 3.69. The molecule has 0 saturated carbocycles. The van der Waals surface area contributed by atoms with Crippen LogP contribution in [-0.4, -0.2) is 40.1 Å². The van der Waals surface area contributed by atoms with Crippen molar-refractivity contribution >= 4 is 11.7 Å². The first kappa shape index (κ1) is 15.2. The number of piperidine rings is 1. The van der Waals surface area contributed by atoms with Crippen LogP contribution in [0.2, 0.25) is 0 Å². The molecule has 2 aromatic heterocycles. The lowest BCUT2D eigenvalue weighted by Crippen LogP contribution is -2.47. The lowest BCUT2D eigenvalue weighted by molar-refractivity contribution is -0.119. The number of carbonyl (C=O) groups is 1. The number of ether oxygens (including phenoxy) is 1. The molecule has 2 atom stereocenters. The monoisotopic (exact) mass is 313 g/mol. The molecule has 7 heteroatoms. The van der Waals surface area contributed by atoms with Crippen LogP contribution in [0.15, 0.2) is 43.1 Å². The van der Waals surface area contributed by atoms with Crippen molar-refractivity contribution in [3.63, 3.8) is 0 Å². The van der Waals surface area contributed by atoms with E-state index in [9.17, 15) is 4.79 Å². The van der Waals surface area contributed by atoms with E-state index in [4.69, 9.17) is 10.5 Å². The number of aromatic nitrogens is 3. The molecule has 1 amide bonds. The molecule has 1 aliphatic rings. The van der Waals surface area contributed by atoms with E-state index in [-0.39, 0.29) is 24.3 Å². The molecule has 1 aliphatic heterocycles. The Morgan fingerprint density at radius 2 is 2.17 bits per heavy atom. The zero-order chi connectivity index (χ0) is 16.1. The number of anilines is 1. The van der Waals surface area contributed by atoms with E-state index in [1.165, 1.54) is 0 Å². The summed E-state index contributed by atoms with van der Waals surface area (Å²) in [5.74, 6) is 1.20. The van der Waals surface area contributed by atoms with Crippen molar-refractivity contribution < 1.29 is 9.53 Å². The van der Waals surface area contributed by atoms with Crippen molar-refractivity contribution in [2.75, 3.05) is 18.0 Å². The van der Waals surface area contributed by atoms with Gasteiger partial charge >= 0.3 is 0 Å². The third-order valence-electron chi connectivity index (χ3n) is 3.92. The Hall–Kier alpha value is -2.70. The van der Waals surface area contributed by atoms with Gasteiger partial charge in [0.15, 0.2) is 0 Å². The number of hydrogen-bond donors (Lipinski definition) is 1. The Balaban J connectivity index is 1.72. The van der Waals surface area contributed by atoms with E-state index in [2.05, 4.69) is 19.9 Å². The van der Waals surface area contributed by atoms with Crippen molar-refractivity contribution in [1.29, 1.82) is 0 Å². The van der Waals surface area contributed by atoms with Crippen molar-refractivity contribution in [3.05, 3.63) is 43.1 Å². The van der Waals surface area contributed by atoms with Gasteiger partial charge in [-0.25, -0.2) is 4.98 Å². The fourth-order valence-electron chi connectivity index (χ4n) is 2.87. The van der Waals surface area contributed by atoms with E-state index in [1.807, 2.05) is 12.1 Å². The predicted octanol–water partition coefficient (Wildman–Crippen LogP) is 1.02. The minimum Gasteiger partial charge on any atom is -0.488 e. The van der Waals surface area contributed by atoms with E-state index >= 15 is 0 Å². The first-order chi connectivity index (χ1) is 11.2. The molecule has 1 saturated heterocycles. The lowest BCUT2D eigenvalue weighted by atomic mass is 9.91. The highest BCUT2D eigenvalue weighted by Gasteiger charge is 2.32. The summed E-state index contributed by atoms with van der Waals surface area (Å²) >= 11 is 0. The summed E-state index contributed by atoms with van der Waals surface area (Å²) in [6.45, 7) is 1.45. The van der Waals surface area contributed by atoms with Gasteiger partial charge in [-0.2, -0.15) is 0 Å². The third kappa shape index (κ3) is 3.94. The average molecular weight is 313 g/mol. The SMILES string of the molecule is NC(=O)C[C@@H]1CN(c2cnccn2)CC[C@H]1Oc1cccnc1. The summed E-state index contributed by atoms with van der Waals surface area (Å²) in [7, 11) is 0. The maximum Gasteiger partial charge on any atom is 0.217 e. The second-order valence-corrected chi connectivity index (χ2v) is 5.57. The van der Waals surface area contributed by atoms with Gasteiger partial charge in [0.1, 0.15) is 17.7 Å². The second-order valence-electron chi connectivity index (χ2n) is 5.57. The molecule has 3 heterocycles. The molecule has 0 bridgehead atoms. The molecule has 23 heavy (non-hydrogen) atoms. The summed E-state index contributed by atoms with van der Waals surface area (Å²) < 4.78 is 6.02. The number of amides is 1. The molecular weight excluding hydrogens is 294 g/mol. The Labute approximate surface area is 134 Å². The van der Waals surface area contributed by atoms with Crippen LogP contribution in [0.5, 0.6) is 5.75 Å². The van der Waals surface area contributed by atoms with Crippen molar-refractivity contribution in [1.82, 2.24) is 15.0 Å². The highest BCUT2D eigenvalue weighted by Crippen LogP contribution is 2.27. The molecule has 120 valence electrons. The molecule has 0 radical (unpaired) electrons. The normalized spacial score (nSPS) is 21.0. The third-order valence-corrected chi connectivity index (χ3v) is 3.92. The summed E-state index contributed by atoms with van der Waals surface area (Å²) in [5, 5.41) is 0. The average Bonchev–Trinajstić information content (AvgIpc) is 2.58. The van der Waals surface area contributed by atoms with Gasteiger partial charge in [-0.3, -0.25) is 14.8 Å². The molecule has 2 N–H and O–H groups in total.